The van der Waals surface area contributed by atoms with Gasteiger partial charge in [0.15, 0.2) is 5.76 Å². The first-order valence-electron chi connectivity index (χ1n) is 6.32. The highest BCUT2D eigenvalue weighted by Gasteiger charge is 2.08. The summed E-state index contributed by atoms with van der Waals surface area (Å²) in [4.78, 5) is 12.9. The van der Waals surface area contributed by atoms with Crippen molar-refractivity contribution in [3.63, 3.8) is 0 Å². The maximum atomic E-state index is 11.9. The Labute approximate surface area is 126 Å². The number of hydrogen-bond donors (Lipinski definition) is 1. The second kappa shape index (κ2) is 6.12. The maximum Gasteiger partial charge on any atom is 0.291 e. The molecule has 3 aromatic rings. The van der Waals surface area contributed by atoms with Crippen LogP contribution >= 0.6 is 11.3 Å². The normalized spacial score (nSPS) is 9.71. The zero-order valence-corrected chi connectivity index (χ0v) is 11.8. The molecule has 4 heteroatoms. The maximum absolute atomic E-state index is 11.9. The summed E-state index contributed by atoms with van der Waals surface area (Å²) in [6.07, 6.45) is 1.47. The summed E-state index contributed by atoms with van der Waals surface area (Å²) in [6.45, 7) is 0. The molecular weight excluding hydrogens is 282 g/mol. The fraction of sp³-hybridized carbons (Fsp3) is 0. The number of nitrogens with one attached hydrogen (secondary N) is 1. The topological polar surface area (TPSA) is 42.2 Å². The molecule has 1 amide bonds. The van der Waals surface area contributed by atoms with Crippen molar-refractivity contribution in [3.05, 3.63) is 76.4 Å². The van der Waals surface area contributed by atoms with Gasteiger partial charge in [0.25, 0.3) is 5.91 Å². The molecule has 0 aliphatic heterocycles. The number of carbonyl (C=O) groups is 1. The van der Waals surface area contributed by atoms with Gasteiger partial charge in [0, 0.05) is 11.3 Å². The van der Waals surface area contributed by atoms with Crippen molar-refractivity contribution in [2.75, 3.05) is 5.32 Å². The van der Waals surface area contributed by atoms with Crippen molar-refractivity contribution < 1.29 is 9.21 Å². The van der Waals surface area contributed by atoms with Crippen LogP contribution in [-0.2, 0) is 0 Å². The molecule has 3 rings (SSSR count). The number of thiophene rings is 1. The average molecular weight is 293 g/mol. The predicted octanol–water partition coefficient (Wildman–Crippen LogP) is 3.99. The van der Waals surface area contributed by atoms with Crippen molar-refractivity contribution in [1.82, 2.24) is 0 Å². The Morgan fingerprint density at radius 1 is 1.10 bits per heavy atom. The monoisotopic (exact) mass is 293 g/mol. The van der Waals surface area contributed by atoms with Crippen molar-refractivity contribution in [2.24, 2.45) is 0 Å². The van der Waals surface area contributed by atoms with Crippen LogP contribution < -0.4 is 5.32 Å². The first-order valence-corrected chi connectivity index (χ1v) is 7.20. The van der Waals surface area contributed by atoms with Gasteiger partial charge in [0.2, 0.25) is 0 Å². The molecule has 2 aromatic heterocycles. The molecule has 0 aliphatic carbocycles. The molecule has 0 unspecified atom stereocenters. The Balaban J connectivity index is 1.76. The van der Waals surface area contributed by atoms with Crippen molar-refractivity contribution in [2.45, 2.75) is 0 Å². The number of furan rings is 1. The van der Waals surface area contributed by atoms with Gasteiger partial charge in [-0.25, -0.2) is 0 Å². The first kappa shape index (κ1) is 13.2. The van der Waals surface area contributed by atoms with Gasteiger partial charge in [0.1, 0.15) is 0 Å². The van der Waals surface area contributed by atoms with Gasteiger partial charge in [-0.3, -0.25) is 4.79 Å². The predicted molar refractivity (Wildman–Crippen MR) is 83.4 cm³/mol. The highest BCUT2D eigenvalue weighted by Crippen LogP contribution is 2.13. The molecule has 2 heterocycles. The minimum absolute atomic E-state index is 0.275. The lowest BCUT2D eigenvalue weighted by Gasteiger charge is -2.03. The second-order valence-corrected chi connectivity index (χ2v) is 5.19. The summed E-state index contributed by atoms with van der Waals surface area (Å²) >= 11 is 1.60. The summed E-state index contributed by atoms with van der Waals surface area (Å²) in [7, 11) is 0. The second-order valence-electron chi connectivity index (χ2n) is 4.24. The fourth-order valence-electron chi connectivity index (χ4n) is 1.76. The summed E-state index contributed by atoms with van der Waals surface area (Å²) in [5, 5.41) is 4.77. The van der Waals surface area contributed by atoms with E-state index in [1.54, 1.807) is 23.5 Å². The molecule has 0 saturated carbocycles. The molecule has 0 radical (unpaired) electrons. The molecule has 0 bridgehead atoms. The molecule has 1 aromatic carbocycles. The van der Waals surface area contributed by atoms with E-state index in [1.807, 2.05) is 41.8 Å². The van der Waals surface area contributed by atoms with E-state index in [4.69, 9.17) is 4.42 Å². The lowest BCUT2D eigenvalue weighted by atomic mass is 10.2. The number of amides is 1. The van der Waals surface area contributed by atoms with Gasteiger partial charge in [-0.2, -0.15) is 0 Å². The molecule has 0 saturated heterocycles. The van der Waals surface area contributed by atoms with Crippen molar-refractivity contribution in [3.8, 4) is 11.8 Å². The van der Waals surface area contributed by atoms with Crippen LogP contribution in [0, 0.1) is 11.8 Å². The van der Waals surface area contributed by atoms with E-state index in [0.29, 0.717) is 5.69 Å². The summed E-state index contributed by atoms with van der Waals surface area (Å²) < 4.78 is 5.06. The van der Waals surface area contributed by atoms with Gasteiger partial charge in [0.05, 0.1) is 11.1 Å². The van der Waals surface area contributed by atoms with Crippen LogP contribution in [0.4, 0.5) is 5.69 Å². The largest absolute Gasteiger partial charge is 0.459 e. The zero-order chi connectivity index (χ0) is 14.5. The third-order valence-corrected chi connectivity index (χ3v) is 3.50. The lowest BCUT2D eigenvalue weighted by molar-refractivity contribution is 0.0996. The van der Waals surface area contributed by atoms with E-state index in [9.17, 15) is 4.79 Å². The fourth-order valence-corrected chi connectivity index (χ4v) is 2.33. The van der Waals surface area contributed by atoms with Gasteiger partial charge < -0.3 is 9.73 Å². The smallest absolute Gasteiger partial charge is 0.291 e. The quantitative estimate of drug-likeness (QED) is 0.726. The average Bonchev–Trinajstić information content (AvgIpc) is 3.19. The number of benzene rings is 1. The molecular formula is C17H11NO2S. The SMILES string of the molecule is O=C(Nc1cccc(C#Cc2cccs2)c1)c1ccco1. The molecule has 21 heavy (non-hydrogen) atoms. The lowest BCUT2D eigenvalue weighted by Crippen LogP contribution is -2.10. The van der Waals surface area contributed by atoms with Crippen LogP contribution in [-0.4, -0.2) is 5.91 Å². The van der Waals surface area contributed by atoms with Crippen LogP contribution in [0.3, 0.4) is 0 Å². The van der Waals surface area contributed by atoms with Crippen LogP contribution in [0.2, 0.25) is 0 Å². The minimum atomic E-state index is -0.275. The molecule has 1 N–H and O–H groups in total. The molecule has 0 atom stereocenters. The van der Waals surface area contributed by atoms with Gasteiger partial charge in [-0.05, 0) is 41.8 Å². The van der Waals surface area contributed by atoms with Crippen LogP contribution in [0.1, 0.15) is 21.0 Å². The van der Waals surface area contributed by atoms with Gasteiger partial charge in [-0.1, -0.05) is 24.0 Å². The Kier molecular flexibility index (Phi) is 3.85. The summed E-state index contributed by atoms with van der Waals surface area (Å²) in [5.74, 6) is 6.18. The van der Waals surface area contributed by atoms with E-state index < -0.39 is 0 Å². The van der Waals surface area contributed by atoms with E-state index in [2.05, 4.69) is 17.2 Å². The third kappa shape index (κ3) is 3.41. The highest BCUT2D eigenvalue weighted by atomic mass is 32.1. The molecule has 3 nitrogen and oxygen atoms in total. The van der Waals surface area contributed by atoms with E-state index >= 15 is 0 Å². The molecule has 0 spiro atoms. The minimum Gasteiger partial charge on any atom is -0.459 e. The zero-order valence-electron chi connectivity index (χ0n) is 11.0. The van der Waals surface area contributed by atoms with E-state index in [1.165, 1.54) is 6.26 Å². The number of anilines is 1. The van der Waals surface area contributed by atoms with Crippen molar-refractivity contribution >= 4 is 22.9 Å². The number of hydrogen-bond acceptors (Lipinski definition) is 3. The molecule has 102 valence electrons. The Hall–Kier alpha value is -2.77. The molecule has 0 fully saturated rings. The first-order chi connectivity index (χ1) is 10.3. The highest BCUT2D eigenvalue weighted by molar-refractivity contribution is 7.10. The van der Waals surface area contributed by atoms with E-state index in [-0.39, 0.29) is 11.7 Å². The Morgan fingerprint density at radius 3 is 2.81 bits per heavy atom. The van der Waals surface area contributed by atoms with E-state index in [0.717, 1.165) is 10.4 Å². The van der Waals surface area contributed by atoms with Gasteiger partial charge >= 0.3 is 0 Å². The molecule has 0 aliphatic rings. The Bertz CT molecular complexity index is 793. The van der Waals surface area contributed by atoms with Crippen LogP contribution in [0.25, 0.3) is 0 Å². The standard InChI is InChI=1S/C17H11NO2S/c19-17(16-7-2-10-20-16)18-14-5-1-4-13(12-14)8-9-15-6-3-11-21-15/h1-7,10-12H,(H,18,19). The summed E-state index contributed by atoms with van der Waals surface area (Å²) in [6, 6.07) is 14.7. The summed E-state index contributed by atoms with van der Waals surface area (Å²) in [5.41, 5.74) is 1.54. The number of carbonyl (C=O) groups excluding carboxylic acids is 1. The van der Waals surface area contributed by atoms with Gasteiger partial charge in [-0.15, -0.1) is 11.3 Å². The van der Waals surface area contributed by atoms with Crippen molar-refractivity contribution in [1.29, 1.82) is 0 Å². The Morgan fingerprint density at radius 2 is 2.05 bits per heavy atom. The number of rotatable bonds is 2. The van der Waals surface area contributed by atoms with Crippen LogP contribution in [0.15, 0.2) is 64.6 Å². The third-order valence-electron chi connectivity index (χ3n) is 2.72. The van der Waals surface area contributed by atoms with Crippen LogP contribution in [0.5, 0.6) is 0 Å².